The quantitative estimate of drug-likeness (QED) is 0.680. The predicted molar refractivity (Wildman–Crippen MR) is 47.7 cm³/mol. The van der Waals surface area contributed by atoms with E-state index in [9.17, 15) is 0 Å². The van der Waals surface area contributed by atoms with Crippen LogP contribution in [-0.2, 0) is 9.47 Å². The average molecular weight is 173 g/mol. The highest BCUT2D eigenvalue weighted by Gasteiger charge is 2.34. The molecule has 1 rings (SSSR count). The van der Waals surface area contributed by atoms with Crippen LogP contribution in [0.25, 0.3) is 0 Å². The van der Waals surface area contributed by atoms with E-state index in [1.807, 2.05) is 0 Å². The third kappa shape index (κ3) is 2.44. The van der Waals surface area contributed by atoms with Crippen LogP contribution in [0.4, 0.5) is 0 Å². The molecule has 0 aliphatic carbocycles. The molecule has 2 unspecified atom stereocenters. The molecular formula is C9H19NO2. The van der Waals surface area contributed by atoms with Gasteiger partial charge in [0.2, 0.25) is 0 Å². The Morgan fingerprint density at radius 2 is 2.08 bits per heavy atom. The fourth-order valence-electron chi connectivity index (χ4n) is 1.24. The Labute approximate surface area is 74.2 Å². The highest BCUT2D eigenvalue weighted by Crippen LogP contribution is 2.29. The maximum absolute atomic E-state index is 5.66. The Bertz CT molecular complexity index is 142. The van der Waals surface area contributed by atoms with E-state index >= 15 is 0 Å². The van der Waals surface area contributed by atoms with Crippen molar-refractivity contribution in [3.8, 4) is 0 Å². The van der Waals surface area contributed by atoms with Crippen LogP contribution in [0.1, 0.15) is 27.2 Å². The van der Waals surface area contributed by atoms with Crippen molar-refractivity contribution in [2.75, 3.05) is 13.2 Å². The summed E-state index contributed by atoms with van der Waals surface area (Å²) in [4.78, 5) is 0. The highest BCUT2D eigenvalue weighted by molar-refractivity contribution is 4.74. The first-order valence-corrected chi connectivity index (χ1v) is 4.51. The van der Waals surface area contributed by atoms with E-state index in [0.29, 0.717) is 13.2 Å². The summed E-state index contributed by atoms with van der Waals surface area (Å²) >= 11 is 0. The Morgan fingerprint density at radius 1 is 1.42 bits per heavy atom. The Kier molecular flexibility index (Phi) is 3.09. The molecule has 1 aliphatic rings. The van der Waals surface area contributed by atoms with Gasteiger partial charge in [-0.3, -0.25) is 0 Å². The lowest BCUT2D eigenvalue weighted by Crippen LogP contribution is -2.28. The van der Waals surface area contributed by atoms with Gasteiger partial charge in [-0.25, -0.2) is 0 Å². The molecule has 1 fully saturated rings. The van der Waals surface area contributed by atoms with Crippen molar-refractivity contribution in [2.45, 2.75) is 39.6 Å². The minimum absolute atomic E-state index is 0.0611. The van der Waals surface area contributed by atoms with Gasteiger partial charge in [-0.1, -0.05) is 20.8 Å². The summed E-state index contributed by atoms with van der Waals surface area (Å²) < 4.78 is 11.2. The summed E-state index contributed by atoms with van der Waals surface area (Å²) in [6.07, 6.45) is 1.04. The number of nitrogens with two attached hydrogens (primary N) is 1. The second-order valence-electron chi connectivity index (χ2n) is 4.37. The third-order valence-electron chi connectivity index (χ3n) is 1.95. The van der Waals surface area contributed by atoms with E-state index in [1.165, 1.54) is 0 Å². The topological polar surface area (TPSA) is 44.5 Å². The lowest BCUT2D eigenvalue weighted by atomic mass is 9.96. The van der Waals surface area contributed by atoms with E-state index < -0.39 is 0 Å². The van der Waals surface area contributed by atoms with Gasteiger partial charge in [0.25, 0.3) is 0 Å². The van der Waals surface area contributed by atoms with Gasteiger partial charge in [0.1, 0.15) is 0 Å². The molecule has 3 nitrogen and oxygen atoms in total. The monoisotopic (exact) mass is 173 g/mol. The molecule has 72 valence electrons. The van der Waals surface area contributed by atoms with Crippen LogP contribution in [-0.4, -0.2) is 25.5 Å². The van der Waals surface area contributed by atoms with Crippen LogP contribution in [0.3, 0.4) is 0 Å². The summed E-state index contributed by atoms with van der Waals surface area (Å²) in [5.74, 6) is 0. The highest BCUT2D eigenvalue weighted by atomic mass is 16.7. The van der Waals surface area contributed by atoms with Crippen molar-refractivity contribution in [2.24, 2.45) is 11.1 Å². The van der Waals surface area contributed by atoms with Crippen LogP contribution < -0.4 is 5.73 Å². The molecule has 0 amide bonds. The normalized spacial score (nSPS) is 31.0. The van der Waals surface area contributed by atoms with Crippen LogP contribution in [0.5, 0.6) is 0 Å². The van der Waals surface area contributed by atoms with E-state index in [4.69, 9.17) is 15.2 Å². The molecule has 0 aromatic carbocycles. The third-order valence-corrected chi connectivity index (χ3v) is 1.95. The second-order valence-corrected chi connectivity index (χ2v) is 4.37. The van der Waals surface area contributed by atoms with E-state index in [-0.39, 0.29) is 17.8 Å². The maximum atomic E-state index is 5.66. The van der Waals surface area contributed by atoms with Crippen molar-refractivity contribution < 1.29 is 9.47 Å². The van der Waals surface area contributed by atoms with Gasteiger partial charge in [0.15, 0.2) is 6.29 Å². The molecule has 0 spiro atoms. The smallest absolute Gasteiger partial charge is 0.162 e. The summed E-state index contributed by atoms with van der Waals surface area (Å²) in [6, 6.07) is 0. The van der Waals surface area contributed by atoms with Gasteiger partial charge in [-0.15, -0.1) is 0 Å². The largest absolute Gasteiger partial charge is 0.349 e. The molecule has 0 saturated carbocycles. The fourth-order valence-corrected chi connectivity index (χ4v) is 1.24. The van der Waals surface area contributed by atoms with Gasteiger partial charge in [0, 0.05) is 5.41 Å². The van der Waals surface area contributed by atoms with Crippen molar-refractivity contribution in [3.05, 3.63) is 0 Å². The number of ether oxygens (including phenoxy) is 2. The van der Waals surface area contributed by atoms with E-state index in [1.54, 1.807) is 0 Å². The molecule has 12 heavy (non-hydrogen) atoms. The minimum atomic E-state index is -0.0611. The maximum Gasteiger partial charge on any atom is 0.162 e. The molecule has 2 atom stereocenters. The Morgan fingerprint density at radius 3 is 2.50 bits per heavy atom. The van der Waals surface area contributed by atoms with Crippen LogP contribution in [0.2, 0.25) is 0 Å². The van der Waals surface area contributed by atoms with Gasteiger partial charge >= 0.3 is 0 Å². The lowest BCUT2D eigenvalue weighted by Gasteiger charge is -2.25. The average Bonchev–Trinajstić information content (AvgIpc) is 2.35. The first kappa shape index (κ1) is 9.96. The SMILES string of the molecule is CC(C)(C)C1OCC(CCN)O1. The Hall–Kier alpha value is -0.120. The molecule has 1 heterocycles. The van der Waals surface area contributed by atoms with Crippen molar-refractivity contribution in [1.29, 1.82) is 0 Å². The van der Waals surface area contributed by atoms with Gasteiger partial charge in [-0.05, 0) is 13.0 Å². The molecule has 0 bridgehead atoms. The predicted octanol–water partition coefficient (Wildman–Crippen LogP) is 1.12. The summed E-state index contributed by atoms with van der Waals surface area (Å²) in [7, 11) is 0. The fraction of sp³-hybridized carbons (Fsp3) is 1.00. The minimum Gasteiger partial charge on any atom is -0.349 e. The van der Waals surface area contributed by atoms with Crippen LogP contribution in [0.15, 0.2) is 0 Å². The van der Waals surface area contributed by atoms with Crippen molar-refractivity contribution >= 4 is 0 Å². The number of hydrogen-bond acceptors (Lipinski definition) is 3. The molecule has 3 heteroatoms. The molecule has 1 saturated heterocycles. The molecule has 0 aromatic rings. The molecule has 0 aromatic heterocycles. The van der Waals surface area contributed by atoms with Crippen molar-refractivity contribution in [3.63, 3.8) is 0 Å². The van der Waals surface area contributed by atoms with E-state index in [2.05, 4.69) is 20.8 Å². The molecular weight excluding hydrogens is 154 g/mol. The zero-order valence-corrected chi connectivity index (χ0v) is 8.17. The zero-order chi connectivity index (χ0) is 9.19. The summed E-state index contributed by atoms with van der Waals surface area (Å²) in [5.41, 5.74) is 5.50. The molecule has 0 radical (unpaired) electrons. The van der Waals surface area contributed by atoms with Gasteiger partial charge in [-0.2, -0.15) is 0 Å². The lowest BCUT2D eigenvalue weighted by molar-refractivity contribution is -0.124. The van der Waals surface area contributed by atoms with Crippen molar-refractivity contribution in [1.82, 2.24) is 0 Å². The number of rotatable bonds is 2. The van der Waals surface area contributed by atoms with E-state index in [0.717, 1.165) is 6.42 Å². The van der Waals surface area contributed by atoms with Crippen LogP contribution in [0, 0.1) is 5.41 Å². The first-order valence-electron chi connectivity index (χ1n) is 4.51. The number of hydrogen-bond donors (Lipinski definition) is 1. The standard InChI is InChI=1S/C9H19NO2/c1-9(2,3)8-11-6-7(12-8)4-5-10/h7-8H,4-6,10H2,1-3H3. The Balaban J connectivity index is 2.35. The van der Waals surface area contributed by atoms with Gasteiger partial charge < -0.3 is 15.2 Å². The van der Waals surface area contributed by atoms with Crippen LogP contribution >= 0.6 is 0 Å². The second kappa shape index (κ2) is 3.73. The summed E-state index contributed by atoms with van der Waals surface area (Å²) in [6.45, 7) is 7.71. The zero-order valence-electron chi connectivity index (χ0n) is 8.17. The summed E-state index contributed by atoms with van der Waals surface area (Å²) in [5, 5.41) is 0. The first-order chi connectivity index (χ1) is 5.54. The molecule has 1 aliphatic heterocycles. The molecule has 2 N–H and O–H groups in total. The van der Waals surface area contributed by atoms with Gasteiger partial charge in [0.05, 0.1) is 12.7 Å².